The first kappa shape index (κ1) is 19.3. The van der Waals surface area contributed by atoms with Crippen molar-refractivity contribution in [3.63, 3.8) is 0 Å². The van der Waals surface area contributed by atoms with Gasteiger partial charge in [0.25, 0.3) is 5.91 Å². The van der Waals surface area contributed by atoms with Crippen molar-refractivity contribution >= 4 is 18.0 Å². The number of carbonyl (C=O) groups excluding carboxylic acids is 2. The van der Waals surface area contributed by atoms with E-state index in [1.54, 1.807) is 31.4 Å². The van der Waals surface area contributed by atoms with Crippen LogP contribution in [-0.2, 0) is 20.9 Å². The number of amides is 1. The van der Waals surface area contributed by atoms with E-state index in [9.17, 15) is 9.59 Å². The minimum atomic E-state index is -0.927. The average molecular weight is 383 g/mol. The normalized spacial score (nSPS) is 13.2. The highest BCUT2D eigenvalue weighted by atomic mass is 16.7. The summed E-state index contributed by atoms with van der Waals surface area (Å²) in [7, 11) is 1.55. The highest BCUT2D eigenvalue weighted by Crippen LogP contribution is 2.32. The van der Waals surface area contributed by atoms with Crippen LogP contribution in [-0.4, -0.2) is 31.9 Å². The molecule has 1 atom stereocenters. The maximum absolute atomic E-state index is 12.2. The van der Waals surface area contributed by atoms with E-state index in [0.29, 0.717) is 17.2 Å². The monoisotopic (exact) mass is 383 g/mol. The number of fused-ring (bicyclic) bond motifs is 1. The maximum atomic E-state index is 12.2. The minimum absolute atomic E-state index is 0.195. The summed E-state index contributed by atoms with van der Waals surface area (Å²) in [6.07, 6.45) is 1.92. The molecule has 28 heavy (non-hydrogen) atoms. The van der Waals surface area contributed by atoms with Crippen molar-refractivity contribution in [2.75, 3.05) is 13.9 Å². The Hall–Kier alpha value is -3.48. The molecule has 0 saturated heterocycles. The lowest BCUT2D eigenvalue weighted by Crippen LogP contribution is -2.35. The van der Waals surface area contributed by atoms with E-state index in [2.05, 4.69) is 5.32 Å². The van der Waals surface area contributed by atoms with Gasteiger partial charge >= 0.3 is 5.97 Å². The van der Waals surface area contributed by atoms with Gasteiger partial charge in [-0.25, -0.2) is 4.79 Å². The zero-order valence-electron chi connectivity index (χ0n) is 15.6. The molecule has 0 fully saturated rings. The molecular formula is C21H21NO6. The molecule has 0 unspecified atom stereocenters. The molecule has 0 bridgehead atoms. The summed E-state index contributed by atoms with van der Waals surface area (Å²) >= 11 is 0. The summed E-state index contributed by atoms with van der Waals surface area (Å²) in [4.78, 5) is 24.1. The molecule has 0 aromatic heterocycles. The highest BCUT2D eigenvalue weighted by molar-refractivity contribution is 5.90. The summed E-state index contributed by atoms with van der Waals surface area (Å²) in [5.41, 5.74) is 1.59. The van der Waals surface area contributed by atoms with Gasteiger partial charge in [-0.1, -0.05) is 24.3 Å². The summed E-state index contributed by atoms with van der Waals surface area (Å²) in [5.74, 6) is 0.960. The van der Waals surface area contributed by atoms with Crippen molar-refractivity contribution in [3.8, 4) is 17.2 Å². The van der Waals surface area contributed by atoms with Crippen molar-refractivity contribution < 1.29 is 28.5 Å². The SMILES string of the molecule is COc1ccccc1/C=C/C(=O)O[C@H](C)C(=O)NCc1ccc2c(c1)OCO2. The van der Waals surface area contributed by atoms with Gasteiger partial charge in [0.2, 0.25) is 6.79 Å². The molecule has 146 valence electrons. The van der Waals surface area contributed by atoms with Crippen LogP contribution in [0.4, 0.5) is 0 Å². The molecule has 0 saturated carbocycles. The molecule has 0 spiro atoms. The molecule has 1 aliphatic rings. The van der Waals surface area contributed by atoms with E-state index in [-0.39, 0.29) is 13.3 Å². The van der Waals surface area contributed by atoms with Crippen molar-refractivity contribution in [2.45, 2.75) is 19.6 Å². The Bertz CT molecular complexity index is 892. The number of nitrogens with one attached hydrogen (secondary N) is 1. The van der Waals surface area contributed by atoms with Crippen molar-refractivity contribution in [2.24, 2.45) is 0 Å². The van der Waals surface area contributed by atoms with Gasteiger partial charge in [-0.05, 0) is 36.8 Å². The number of rotatable bonds is 7. The molecule has 1 N–H and O–H groups in total. The first-order valence-corrected chi connectivity index (χ1v) is 8.75. The Morgan fingerprint density at radius 1 is 1.18 bits per heavy atom. The number of methoxy groups -OCH3 is 1. The Morgan fingerprint density at radius 3 is 2.79 bits per heavy atom. The van der Waals surface area contributed by atoms with E-state index < -0.39 is 18.0 Å². The third kappa shape index (κ3) is 4.82. The zero-order valence-corrected chi connectivity index (χ0v) is 15.6. The van der Waals surface area contributed by atoms with Gasteiger partial charge in [0, 0.05) is 18.2 Å². The van der Waals surface area contributed by atoms with Gasteiger partial charge in [0.1, 0.15) is 5.75 Å². The maximum Gasteiger partial charge on any atom is 0.331 e. The highest BCUT2D eigenvalue weighted by Gasteiger charge is 2.17. The van der Waals surface area contributed by atoms with Crippen LogP contribution in [0.15, 0.2) is 48.5 Å². The van der Waals surface area contributed by atoms with Crippen LogP contribution in [0.25, 0.3) is 6.08 Å². The van der Waals surface area contributed by atoms with Gasteiger partial charge in [0.15, 0.2) is 17.6 Å². The summed E-state index contributed by atoms with van der Waals surface area (Å²) in [6, 6.07) is 12.7. The third-order valence-corrected chi connectivity index (χ3v) is 4.10. The molecule has 2 aromatic rings. The van der Waals surface area contributed by atoms with Gasteiger partial charge in [0.05, 0.1) is 7.11 Å². The van der Waals surface area contributed by atoms with E-state index >= 15 is 0 Å². The molecule has 0 radical (unpaired) electrons. The summed E-state index contributed by atoms with van der Waals surface area (Å²) in [6.45, 7) is 2.00. The molecule has 0 aliphatic carbocycles. The van der Waals surface area contributed by atoms with Crippen LogP contribution in [0.1, 0.15) is 18.1 Å². The smallest absolute Gasteiger partial charge is 0.331 e. The first-order valence-electron chi connectivity index (χ1n) is 8.75. The number of ether oxygens (including phenoxy) is 4. The van der Waals surface area contributed by atoms with Crippen LogP contribution >= 0.6 is 0 Å². The Morgan fingerprint density at radius 2 is 1.96 bits per heavy atom. The van der Waals surface area contributed by atoms with Crippen LogP contribution in [0.3, 0.4) is 0 Å². The quantitative estimate of drug-likeness (QED) is 0.585. The van der Waals surface area contributed by atoms with Gasteiger partial charge in [-0.2, -0.15) is 0 Å². The lowest BCUT2D eigenvalue weighted by Gasteiger charge is -2.12. The molecule has 7 heteroatoms. The van der Waals surface area contributed by atoms with E-state index in [4.69, 9.17) is 18.9 Å². The van der Waals surface area contributed by atoms with Crippen LogP contribution in [0.5, 0.6) is 17.2 Å². The molecule has 7 nitrogen and oxygen atoms in total. The molecule has 1 aliphatic heterocycles. The predicted molar refractivity (Wildman–Crippen MR) is 102 cm³/mol. The zero-order chi connectivity index (χ0) is 19.9. The standard InChI is InChI=1S/C21H21NO6/c1-14(28-20(23)10-8-16-5-3-4-6-17(16)25-2)21(24)22-12-15-7-9-18-19(11-15)27-13-26-18/h3-11,14H,12-13H2,1-2H3,(H,22,24)/b10-8+/t14-/m1/s1. The van der Waals surface area contributed by atoms with E-state index in [0.717, 1.165) is 11.1 Å². The number of para-hydroxylation sites is 1. The number of carbonyl (C=O) groups is 2. The second kappa shape index (κ2) is 8.94. The van der Waals surface area contributed by atoms with E-state index in [1.807, 2.05) is 24.3 Å². The average Bonchev–Trinajstić information content (AvgIpc) is 3.18. The fourth-order valence-electron chi connectivity index (χ4n) is 2.61. The number of benzene rings is 2. The Labute approximate surface area is 162 Å². The Balaban J connectivity index is 1.49. The molecular weight excluding hydrogens is 362 g/mol. The van der Waals surface area contributed by atoms with Gasteiger partial charge in [-0.3, -0.25) is 4.79 Å². The topological polar surface area (TPSA) is 83.1 Å². The fourth-order valence-corrected chi connectivity index (χ4v) is 2.61. The van der Waals surface area contributed by atoms with Gasteiger partial charge in [-0.15, -0.1) is 0 Å². The summed E-state index contributed by atoms with van der Waals surface area (Å²) in [5, 5.41) is 2.73. The van der Waals surface area contributed by atoms with Crippen LogP contribution < -0.4 is 19.5 Å². The predicted octanol–water partition coefficient (Wildman–Crippen LogP) is 2.69. The number of esters is 1. The molecule has 1 heterocycles. The van der Waals surface area contributed by atoms with Gasteiger partial charge < -0.3 is 24.3 Å². The van der Waals surface area contributed by atoms with Crippen LogP contribution in [0.2, 0.25) is 0 Å². The summed E-state index contributed by atoms with van der Waals surface area (Å²) < 4.78 is 20.9. The molecule has 1 amide bonds. The third-order valence-electron chi connectivity index (χ3n) is 4.10. The van der Waals surface area contributed by atoms with Crippen molar-refractivity contribution in [1.82, 2.24) is 5.32 Å². The molecule has 3 rings (SSSR count). The fraction of sp³-hybridized carbons (Fsp3) is 0.238. The largest absolute Gasteiger partial charge is 0.496 e. The Kier molecular flexibility index (Phi) is 6.16. The van der Waals surface area contributed by atoms with Crippen molar-refractivity contribution in [1.29, 1.82) is 0 Å². The van der Waals surface area contributed by atoms with Crippen LogP contribution in [0, 0.1) is 0 Å². The van der Waals surface area contributed by atoms with E-state index in [1.165, 1.54) is 13.0 Å². The lowest BCUT2D eigenvalue weighted by atomic mass is 10.2. The molecule has 2 aromatic carbocycles. The number of hydrogen-bond acceptors (Lipinski definition) is 6. The first-order chi connectivity index (χ1) is 13.6. The lowest BCUT2D eigenvalue weighted by molar-refractivity contribution is -0.150. The number of hydrogen-bond donors (Lipinski definition) is 1. The van der Waals surface area contributed by atoms with Crippen molar-refractivity contribution in [3.05, 3.63) is 59.7 Å². The minimum Gasteiger partial charge on any atom is -0.496 e. The second-order valence-electron chi connectivity index (χ2n) is 6.06. The second-order valence-corrected chi connectivity index (χ2v) is 6.06.